The smallest absolute Gasteiger partial charge is 0.223 e. The van der Waals surface area contributed by atoms with Gasteiger partial charge in [-0.15, -0.1) is 24.8 Å². The number of nitrogens with two attached hydrogens (primary N) is 1. The van der Waals surface area contributed by atoms with Gasteiger partial charge < -0.3 is 16.0 Å². The van der Waals surface area contributed by atoms with Crippen LogP contribution in [0.2, 0.25) is 0 Å². The SMILES string of the molecule is Cl.Cl.NC[C@H]1CCC[C@H]1C(=O)NCc1nc2ncc(Br)cc2[nH]1. The van der Waals surface area contributed by atoms with Crippen LogP contribution < -0.4 is 11.1 Å². The molecular formula is C14H20BrCl2N5O. The van der Waals surface area contributed by atoms with Gasteiger partial charge in [-0.3, -0.25) is 4.79 Å². The van der Waals surface area contributed by atoms with E-state index in [-0.39, 0.29) is 36.6 Å². The number of aromatic amines is 1. The number of pyridine rings is 1. The fourth-order valence-electron chi connectivity index (χ4n) is 2.97. The second kappa shape index (κ2) is 8.82. The van der Waals surface area contributed by atoms with Crippen LogP contribution in [0.25, 0.3) is 11.2 Å². The third-order valence-corrected chi connectivity index (χ3v) is 4.52. The molecule has 2 atom stereocenters. The lowest BCUT2D eigenvalue weighted by molar-refractivity contribution is -0.126. The van der Waals surface area contributed by atoms with Crippen LogP contribution >= 0.6 is 40.7 Å². The Balaban J connectivity index is 0.00000132. The Morgan fingerprint density at radius 3 is 2.96 bits per heavy atom. The molecule has 1 aliphatic rings. The summed E-state index contributed by atoms with van der Waals surface area (Å²) in [4.78, 5) is 24.0. The molecule has 1 amide bonds. The first-order chi connectivity index (χ1) is 10.2. The first-order valence-corrected chi connectivity index (χ1v) is 7.94. The Morgan fingerprint density at radius 2 is 2.22 bits per heavy atom. The molecule has 3 rings (SSSR count). The van der Waals surface area contributed by atoms with Crippen LogP contribution in [0.4, 0.5) is 0 Å². The highest BCUT2D eigenvalue weighted by Crippen LogP contribution is 2.30. The van der Waals surface area contributed by atoms with Crippen molar-refractivity contribution in [2.24, 2.45) is 17.6 Å². The summed E-state index contributed by atoms with van der Waals surface area (Å²) in [5.41, 5.74) is 7.23. The molecule has 0 aliphatic heterocycles. The molecule has 2 heterocycles. The van der Waals surface area contributed by atoms with Crippen LogP contribution in [0.15, 0.2) is 16.7 Å². The molecule has 0 aromatic carbocycles. The number of nitrogens with one attached hydrogen (secondary N) is 2. The number of aromatic nitrogens is 3. The molecule has 1 aliphatic carbocycles. The van der Waals surface area contributed by atoms with Crippen molar-refractivity contribution < 1.29 is 4.79 Å². The molecule has 4 N–H and O–H groups in total. The largest absolute Gasteiger partial charge is 0.349 e. The van der Waals surface area contributed by atoms with Crippen LogP contribution in [0.3, 0.4) is 0 Å². The molecule has 2 aromatic rings. The van der Waals surface area contributed by atoms with Crippen molar-refractivity contribution in [3.63, 3.8) is 0 Å². The van der Waals surface area contributed by atoms with Crippen LogP contribution in [0.1, 0.15) is 25.1 Å². The highest BCUT2D eigenvalue weighted by Gasteiger charge is 2.31. The zero-order chi connectivity index (χ0) is 14.8. The third-order valence-electron chi connectivity index (χ3n) is 4.08. The zero-order valence-corrected chi connectivity index (χ0v) is 15.6. The van der Waals surface area contributed by atoms with Gasteiger partial charge in [0, 0.05) is 16.6 Å². The van der Waals surface area contributed by atoms with Gasteiger partial charge in [0.25, 0.3) is 0 Å². The van der Waals surface area contributed by atoms with Crippen molar-refractivity contribution in [2.45, 2.75) is 25.8 Å². The first kappa shape index (κ1) is 20.2. The molecule has 128 valence electrons. The number of hydrogen-bond acceptors (Lipinski definition) is 4. The van der Waals surface area contributed by atoms with E-state index in [1.54, 1.807) is 6.20 Å². The number of halogens is 3. The van der Waals surface area contributed by atoms with Crippen molar-refractivity contribution in [3.05, 3.63) is 22.6 Å². The van der Waals surface area contributed by atoms with Gasteiger partial charge in [0.05, 0.1) is 12.1 Å². The summed E-state index contributed by atoms with van der Waals surface area (Å²) in [5.74, 6) is 1.16. The number of hydrogen-bond donors (Lipinski definition) is 3. The monoisotopic (exact) mass is 423 g/mol. The molecule has 0 bridgehead atoms. The van der Waals surface area contributed by atoms with Crippen LogP contribution in [0.5, 0.6) is 0 Å². The predicted octanol–water partition coefficient (Wildman–Crippen LogP) is 2.56. The number of carbonyl (C=O) groups is 1. The van der Waals surface area contributed by atoms with E-state index in [0.29, 0.717) is 30.5 Å². The average molecular weight is 425 g/mol. The number of rotatable bonds is 4. The van der Waals surface area contributed by atoms with Gasteiger partial charge >= 0.3 is 0 Å². The molecule has 6 nitrogen and oxygen atoms in total. The molecule has 0 radical (unpaired) electrons. The average Bonchev–Trinajstić information content (AvgIpc) is 3.10. The van der Waals surface area contributed by atoms with E-state index < -0.39 is 0 Å². The maximum absolute atomic E-state index is 12.2. The van der Waals surface area contributed by atoms with E-state index in [2.05, 4.69) is 36.2 Å². The highest BCUT2D eigenvalue weighted by atomic mass is 79.9. The Labute approximate surface area is 155 Å². The number of H-pyrrole nitrogens is 1. The lowest BCUT2D eigenvalue weighted by Crippen LogP contribution is -2.34. The second-order valence-corrected chi connectivity index (χ2v) is 6.37. The van der Waals surface area contributed by atoms with Crippen molar-refractivity contribution >= 4 is 57.8 Å². The zero-order valence-electron chi connectivity index (χ0n) is 12.4. The van der Waals surface area contributed by atoms with E-state index in [1.807, 2.05) is 6.07 Å². The molecule has 2 aromatic heterocycles. The van der Waals surface area contributed by atoms with E-state index in [0.717, 1.165) is 29.3 Å². The number of nitrogens with zero attached hydrogens (tertiary/aromatic N) is 2. The molecule has 0 unspecified atom stereocenters. The summed E-state index contributed by atoms with van der Waals surface area (Å²) in [6, 6.07) is 1.92. The Kier molecular flexibility index (Phi) is 7.73. The van der Waals surface area contributed by atoms with Gasteiger partial charge in [0.2, 0.25) is 5.91 Å². The fraction of sp³-hybridized carbons (Fsp3) is 0.500. The summed E-state index contributed by atoms with van der Waals surface area (Å²) in [5, 5.41) is 2.95. The van der Waals surface area contributed by atoms with Crippen LogP contribution in [-0.2, 0) is 11.3 Å². The first-order valence-electron chi connectivity index (χ1n) is 7.15. The summed E-state index contributed by atoms with van der Waals surface area (Å²) in [6.45, 7) is 0.973. The van der Waals surface area contributed by atoms with Crippen LogP contribution in [0, 0.1) is 11.8 Å². The summed E-state index contributed by atoms with van der Waals surface area (Å²) in [7, 11) is 0. The molecule has 1 saturated carbocycles. The van der Waals surface area contributed by atoms with Crippen LogP contribution in [-0.4, -0.2) is 27.4 Å². The van der Waals surface area contributed by atoms with Gasteiger partial charge in [0.15, 0.2) is 5.65 Å². The maximum Gasteiger partial charge on any atom is 0.223 e. The number of fused-ring (bicyclic) bond motifs is 1. The Bertz CT molecular complexity index is 666. The van der Waals surface area contributed by atoms with Crippen molar-refractivity contribution in [1.82, 2.24) is 20.3 Å². The summed E-state index contributed by atoms with van der Waals surface area (Å²) in [6.07, 6.45) is 4.78. The van der Waals surface area contributed by atoms with Gasteiger partial charge in [-0.2, -0.15) is 0 Å². The van der Waals surface area contributed by atoms with E-state index >= 15 is 0 Å². The minimum Gasteiger partial charge on any atom is -0.349 e. The number of carbonyl (C=O) groups excluding carboxylic acids is 1. The highest BCUT2D eigenvalue weighted by molar-refractivity contribution is 9.10. The molecule has 0 saturated heterocycles. The number of imidazole rings is 1. The van der Waals surface area contributed by atoms with Crippen molar-refractivity contribution in [1.29, 1.82) is 0 Å². The molecule has 0 spiro atoms. The molecular weight excluding hydrogens is 405 g/mol. The molecule has 1 fully saturated rings. The minimum atomic E-state index is 0. The van der Waals surface area contributed by atoms with Gasteiger partial charge in [-0.1, -0.05) is 6.42 Å². The van der Waals surface area contributed by atoms with E-state index in [9.17, 15) is 4.79 Å². The summed E-state index contributed by atoms with van der Waals surface area (Å²) < 4.78 is 0.894. The minimum absolute atomic E-state index is 0. The Hall–Kier alpha value is -0.890. The summed E-state index contributed by atoms with van der Waals surface area (Å²) >= 11 is 3.37. The topological polar surface area (TPSA) is 96.7 Å². The Morgan fingerprint density at radius 1 is 1.43 bits per heavy atom. The second-order valence-electron chi connectivity index (χ2n) is 5.46. The quantitative estimate of drug-likeness (QED) is 0.702. The maximum atomic E-state index is 12.2. The van der Waals surface area contributed by atoms with Crippen molar-refractivity contribution in [2.75, 3.05) is 6.54 Å². The third kappa shape index (κ3) is 4.56. The fourth-order valence-corrected chi connectivity index (χ4v) is 3.31. The predicted molar refractivity (Wildman–Crippen MR) is 97.8 cm³/mol. The van der Waals surface area contributed by atoms with Crippen molar-refractivity contribution in [3.8, 4) is 0 Å². The van der Waals surface area contributed by atoms with Gasteiger partial charge in [-0.25, -0.2) is 9.97 Å². The number of amides is 1. The standard InChI is InChI=1S/C14H18BrN5O.2ClH/c15-9-4-11-13(17-6-9)20-12(19-11)7-18-14(21)10-3-1-2-8(10)5-16;;/h4,6,8,10H,1-3,5,7,16H2,(H,18,21)(H,17,19,20);2*1H/t8-,10-;;/m1../s1. The lowest BCUT2D eigenvalue weighted by atomic mass is 9.95. The van der Waals surface area contributed by atoms with E-state index in [1.165, 1.54) is 0 Å². The lowest BCUT2D eigenvalue weighted by Gasteiger charge is -2.16. The van der Waals surface area contributed by atoms with Gasteiger partial charge in [-0.05, 0) is 47.3 Å². The molecule has 23 heavy (non-hydrogen) atoms. The van der Waals surface area contributed by atoms with Gasteiger partial charge in [0.1, 0.15) is 5.82 Å². The normalized spacial score (nSPS) is 19.9. The van der Waals surface area contributed by atoms with E-state index in [4.69, 9.17) is 5.73 Å². The molecule has 9 heteroatoms.